The highest BCUT2D eigenvalue weighted by atomic mass is 16.7. The van der Waals surface area contributed by atoms with E-state index in [2.05, 4.69) is 35.9 Å². The maximum atomic E-state index is 5.92. The van der Waals surface area contributed by atoms with Crippen LogP contribution in [0.3, 0.4) is 0 Å². The van der Waals surface area contributed by atoms with E-state index in [-0.39, 0.29) is 0 Å². The summed E-state index contributed by atoms with van der Waals surface area (Å²) in [6.45, 7) is 5.55. The van der Waals surface area contributed by atoms with E-state index in [0.29, 0.717) is 12.6 Å². The van der Waals surface area contributed by atoms with Crippen molar-refractivity contribution in [2.24, 2.45) is 0 Å². The number of rotatable bonds is 5. The molecule has 1 saturated heterocycles. The molecule has 0 bridgehead atoms. The Bertz CT molecular complexity index is 336. The van der Waals surface area contributed by atoms with Gasteiger partial charge in [0.1, 0.15) is 0 Å². The van der Waals surface area contributed by atoms with Gasteiger partial charge in [-0.05, 0) is 24.8 Å². The Morgan fingerprint density at radius 3 is 2.88 bits per heavy atom. The van der Waals surface area contributed by atoms with Gasteiger partial charge in [0.15, 0.2) is 0 Å². The zero-order valence-corrected chi connectivity index (χ0v) is 10.3. The molecule has 17 heavy (non-hydrogen) atoms. The van der Waals surface area contributed by atoms with Gasteiger partial charge in [-0.15, -0.1) is 6.58 Å². The lowest BCUT2D eigenvalue weighted by molar-refractivity contribution is -0.206. The lowest BCUT2D eigenvalue weighted by Gasteiger charge is -2.34. The third-order valence-corrected chi connectivity index (χ3v) is 3.25. The van der Waals surface area contributed by atoms with Crippen molar-refractivity contribution in [2.45, 2.75) is 38.3 Å². The second-order valence-corrected chi connectivity index (χ2v) is 4.57. The Morgan fingerprint density at radius 1 is 1.29 bits per heavy atom. The van der Waals surface area contributed by atoms with Crippen LogP contribution < -0.4 is 0 Å². The molecule has 2 heteroatoms. The van der Waals surface area contributed by atoms with E-state index in [9.17, 15) is 0 Å². The molecule has 0 amide bonds. The van der Waals surface area contributed by atoms with Gasteiger partial charge in [0, 0.05) is 12.6 Å². The molecule has 0 radical (unpaired) electrons. The standard InChI is InChI=1S/C15H21NO/c1-2-8-15-11-6-7-12-16(15)17-13-14-9-4-3-5-10-14/h2-5,9-10,15H,1,6-8,11-13H2. The fourth-order valence-corrected chi connectivity index (χ4v) is 2.30. The minimum atomic E-state index is 0.518. The monoisotopic (exact) mass is 231 g/mol. The third-order valence-electron chi connectivity index (χ3n) is 3.25. The highest BCUT2D eigenvalue weighted by molar-refractivity contribution is 5.13. The van der Waals surface area contributed by atoms with Crippen molar-refractivity contribution in [3.05, 3.63) is 48.6 Å². The van der Waals surface area contributed by atoms with Crippen molar-refractivity contribution < 1.29 is 4.84 Å². The molecule has 2 nitrogen and oxygen atoms in total. The minimum Gasteiger partial charge on any atom is -0.294 e. The first kappa shape index (κ1) is 12.3. The van der Waals surface area contributed by atoms with Crippen molar-refractivity contribution in [2.75, 3.05) is 6.54 Å². The van der Waals surface area contributed by atoms with E-state index in [1.165, 1.54) is 24.8 Å². The molecular formula is C15H21NO. The van der Waals surface area contributed by atoms with E-state index >= 15 is 0 Å². The summed E-state index contributed by atoms with van der Waals surface area (Å²) < 4.78 is 0. The number of piperidine rings is 1. The number of benzene rings is 1. The topological polar surface area (TPSA) is 12.5 Å². The summed E-state index contributed by atoms with van der Waals surface area (Å²) >= 11 is 0. The summed E-state index contributed by atoms with van der Waals surface area (Å²) in [6, 6.07) is 10.9. The molecule has 0 aromatic heterocycles. The minimum absolute atomic E-state index is 0.518. The van der Waals surface area contributed by atoms with Crippen LogP contribution >= 0.6 is 0 Å². The van der Waals surface area contributed by atoms with Gasteiger partial charge in [0.2, 0.25) is 0 Å². The maximum Gasteiger partial charge on any atom is 0.0936 e. The number of hydroxylamine groups is 2. The van der Waals surface area contributed by atoms with Crippen LogP contribution in [0.25, 0.3) is 0 Å². The molecule has 0 N–H and O–H groups in total. The highest BCUT2D eigenvalue weighted by Crippen LogP contribution is 2.21. The van der Waals surface area contributed by atoms with Crippen molar-refractivity contribution in [1.29, 1.82) is 0 Å². The van der Waals surface area contributed by atoms with Crippen molar-refractivity contribution in [3.63, 3.8) is 0 Å². The number of nitrogens with zero attached hydrogens (tertiary/aromatic N) is 1. The Labute approximate surface area is 104 Å². The smallest absolute Gasteiger partial charge is 0.0936 e. The zero-order valence-electron chi connectivity index (χ0n) is 10.3. The molecular weight excluding hydrogens is 210 g/mol. The van der Waals surface area contributed by atoms with Crippen molar-refractivity contribution >= 4 is 0 Å². The number of hydrogen-bond donors (Lipinski definition) is 0. The summed E-state index contributed by atoms with van der Waals surface area (Å²) in [5, 5.41) is 2.15. The van der Waals surface area contributed by atoms with Crippen LogP contribution in [0.2, 0.25) is 0 Å². The van der Waals surface area contributed by atoms with Gasteiger partial charge in [0.25, 0.3) is 0 Å². The van der Waals surface area contributed by atoms with Crippen LogP contribution in [-0.2, 0) is 11.4 Å². The van der Waals surface area contributed by atoms with Crippen LogP contribution in [-0.4, -0.2) is 17.6 Å². The Hall–Kier alpha value is -1.12. The first-order chi connectivity index (χ1) is 8.40. The first-order valence-electron chi connectivity index (χ1n) is 6.44. The van der Waals surface area contributed by atoms with Gasteiger partial charge >= 0.3 is 0 Å². The normalized spacial score (nSPS) is 21.3. The second kappa shape index (κ2) is 6.58. The van der Waals surface area contributed by atoms with E-state index in [0.717, 1.165) is 13.0 Å². The summed E-state index contributed by atoms with van der Waals surface area (Å²) in [5.74, 6) is 0. The molecule has 0 spiro atoms. The fraction of sp³-hybridized carbons (Fsp3) is 0.467. The molecule has 1 heterocycles. The molecule has 1 aromatic rings. The quantitative estimate of drug-likeness (QED) is 0.719. The molecule has 92 valence electrons. The summed E-state index contributed by atoms with van der Waals surface area (Å²) in [6.07, 6.45) is 6.79. The van der Waals surface area contributed by atoms with Crippen molar-refractivity contribution in [3.8, 4) is 0 Å². The third kappa shape index (κ3) is 3.69. The first-order valence-corrected chi connectivity index (χ1v) is 6.44. The van der Waals surface area contributed by atoms with Gasteiger partial charge in [-0.1, -0.05) is 42.8 Å². The van der Waals surface area contributed by atoms with Gasteiger partial charge < -0.3 is 0 Å². The Morgan fingerprint density at radius 2 is 2.12 bits per heavy atom. The van der Waals surface area contributed by atoms with Gasteiger partial charge in [-0.2, -0.15) is 5.06 Å². The highest BCUT2D eigenvalue weighted by Gasteiger charge is 2.21. The van der Waals surface area contributed by atoms with Crippen LogP contribution in [0.5, 0.6) is 0 Å². The molecule has 0 aliphatic carbocycles. The molecule has 1 unspecified atom stereocenters. The van der Waals surface area contributed by atoms with Crippen LogP contribution in [0.4, 0.5) is 0 Å². The maximum absolute atomic E-state index is 5.92. The van der Waals surface area contributed by atoms with E-state index in [1.54, 1.807) is 0 Å². The average molecular weight is 231 g/mol. The van der Waals surface area contributed by atoms with Crippen LogP contribution in [0.15, 0.2) is 43.0 Å². The lowest BCUT2D eigenvalue weighted by Crippen LogP contribution is -2.38. The SMILES string of the molecule is C=CCC1CCCCN1OCc1ccccc1. The largest absolute Gasteiger partial charge is 0.294 e. The van der Waals surface area contributed by atoms with Gasteiger partial charge in [-0.25, -0.2) is 0 Å². The van der Waals surface area contributed by atoms with Gasteiger partial charge in [0.05, 0.1) is 6.61 Å². The predicted octanol–water partition coefficient (Wildman–Crippen LogP) is 3.55. The average Bonchev–Trinajstić information content (AvgIpc) is 2.39. The summed E-state index contributed by atoms with van der Waals surface area (Å²) in [7, 11) is 0. The Balaban J connectivity index is 1.86. The Kier molecular flexibility index (Phi) is 4.77. The molecule has 1 atom stereocenters. The molecule has 1 fully saturated rings. The van der Waals surface area contributed by atoms with Gasteiger partial charge in [-0.3, -0.25) is 4.84 Å². The van der Waals surface area contributed by atoms with Crippen molar-refractivity contribution in [1.82, 2.24) is 5.06 Å². The van der Waals surface area contributed by atoms with Crippen LogP contribution in [0.1, 0.15) is 31.2 Å². The fourth-order valence-electron chi connectivity index (χ4n) is 2.30. The molecule has 0 saturated carbocycles. The second-order valence-electron chi connectivity index (χ2n) is 4.57. The molecule has 2 rings (SSSR count). The molecule has 1 aromatic carbocycles. The molecule has 1 aliphatic heterocycles. The molecule has 1 aliphatic rings. The van der Waals surface area contributed by atoms with E-state index in [4.69, 9.17) is 4.84 Å². The lowest BCUT2D eigenvalue weighted by atomic mass is 10.0. The predicted molar refractivity (Wildman–Crippen MR) is 70.4 cm³/mol. The summed E-state index contributed by atoms with van der Waals surface area (Å²) in [5.41, 5.74) is 1.23. The van der Waals surface area contributed by atoms with Crippen LogP contribution in [0, 0.1) is 0 Å². The zero-order chi connectivity index (χ0) is 11.9. The van der Waals surface area contributed by atoms with E-state index < -0.39 is 0 Å². The van der Waals surface area contributed by atoms with E-state index in [1.807, 2.05) is 12.1 Å². The number of hydrogen-bond acceptors (Lipinski definition) is 2. The summed E-state index contributed by atoms with van der Waals surface area (Å²) in [4.78, 5) is 5.92.